The van der Waals surface area contributed by atoms with Crippen LogP contribution in [0, 0.1) is 0 Å². The molecule has 25 heavy (non-hydrogen) atoms. The van der Waals surface area contributed by atoms with Gasteiger partial charge in [-0.3, -0.25) is 20.3 Å². The number of nitrogens with zero attached hydrogens (tertiary/aromatic N) is 2. The van der Waals surface area contributed by atoms with E-state index >= 15 is 0 Å². The molecule has 142 valence electrons. The number of carbonyl (C=O) groups excluding carboxylic acids is 2. The lowest BCUT2D eigenvalue weighted by Crippen LogP contribution is -2.56. The lowest BCUT2D eigenvalue weighted by molar-refractivity contribution is -0.119. The second kappa shape index (κ2) is 9.69. The summed E-state index contributed by atoms with van der Waals surface area (Å²) < 4.78 is 5.44. The molecule has 1 saturated heterocycles. The van der Waals surface area contributed by atoms with Gasteiger partial charge < -0.3 is 14.9 Å². The van der Waals surface area contributed by atoms with Crippen LogP contribution in [0.25, 0.3) is 0 Å². The monoisotopic (exact) mass is 356 g/mol. The molecular formula is C16H28N4O5. The van der Waals surface area contributed by atoms with E-state index in [1.54, 1.807) is 0 Å². The molecule has 2 rings (SSSR count). The zero-order chi connectivity index (χ0) is 18.2. The van der Waals surface area contributed by atoms with E-state index in [1.165, 1.54) is 11.3 Å². The summed E-state index contributed by atoms with van der Waals surface area (Å²) in [7, 11) is 0. The maximum absolute atomic E-state index is 12.2. The highest BCUT2D eigenvalue weighted by Crippen LogP contribution is 2.23. The molecule has 0 saturated carbocycles. The summed E-state index contributed by atoms with van der Waals surface area (Å²) in [5.41, 5.74) is 0. The van der Waals surface area contributed by atoms with Gasteiger partial charge in [0.25, 0.3) is 0 Å². The Balaban J connectivity index is 1.75. The van der Waals surface area contributed by atoms with Gasteiger partial charge in [-0.05, 0) is 6.42 Å². The summed E-state index contributed by atoms with van der Waals surface area (Å²) in [5, 5.41) is 24.0. The number of aliphatic hydroxyl groups excluding tert-OH is 2. The van der Waals surface area contributed by atoms with Gasteiger partial charge in [0.05, 0.1) is 12.7 Å². The quantitative estimate of drug-likeness (QED) is 0.465. The number of nitrogens with one attached hydrogen (secondary N) is 2. The Kier molecular flexibility index (Phi) is 7.60. The van der Waals surface area contributed by atoms with Crippen molar-refractivity contribution in [1.82, 2.24) is 15.5 Å². The fourth-order valence-corrected chi connectivity index (χ4v) is 2.87. The van der Waals surface area contributed by atoms with Crippen molar-refractivity contribution in [2.45, 2.75) is 70.3 Å². The van der Waals surface area contributed by atoms with Crippen LogP contribution in [-0.4, -0.2) is 64.7 Å². The molecule has 0 aromatic rings. The van der Waals surface area contributed by atoms with Gasteiger partial charge >= 0.3 is 6.03 Å². The van der Waals surface area contributed by atoms with Crippen LogP contribution in [0.2, 0.25) is 0 Å². The average molecular weight is 356 g/mol. The standard InChI is InChI=1S/C16H28N4O5/c1-2-3-4-5-6-7-13(23)18-15-17-10-20(16(24)19-15)14-8-11(22)12(9-21)25-14/h11-12,14,21-22H,2-10H2,1H3,(H2,17,18,19,23,24). The second-order valence-electron chi connectivity index (χ2n) is 6.38. The van der Waals surface area contributed by atoms with E-state index in [-0.39, 0.29) is 31.6 Å². The maximum Gasteiger partial charge on any atom is 0.327 e. The van der Waals surface area contributed by atoms with E-state index in [1.807, 2.05) is 0 Å². The van der Waals surface area contributed by atoms with Crippen LogP contribution < -0.4 is 10.6 Å². The van der Waals surface area contributed by atoms with Gasteiger partial charge in [0.2, 0.25) is 11.9 Å². The lowest BCUT2D eigenvalue weighted by Gasteiger charge is -2.30. The topological polar surface area (TPSA) is 123 Å². The van der Waals surface area contributed by atoms with Crippen molar-refractivity contribution < 1.29 is 24.5 Å². The average Bonchev–Trinajstić information content (AvgIpc) is 2.95. The number of ether oxygens (including phenoxy) is 1. The number of aliphatic imine (C=N–C) groups is 1. The first-order chi connectivity index (χ1) is 12.0. The van der Waals surface area contributed by atoms with Gasteiger partial charge in [0, 0.05) is 12.8 Å². The Bertz CT molecular complexity index is 499. The lowest BCUT2D eigenvalue weighted by atomic mass is 10.1. The summed E-state index contributed by atoms with van der Waals surface area (Å²) >= 11 is 0. The SMILES string of the molecule is CCCCCCCC(=O)NC1=NCN(C2CC(O)C(CO)O2)C(=O)N1. The van der Waals surface area contributed by atoms with E-state index in [2.05, 4.69) is 22.5 Å². The Morgan fingerprint density at radius 3 is 2.80 bits per heavy atom. The fraction of sp³-hybridized carbons (Fsp3) is 0.812. The van der Waals surface area contributed by atoms with Gasteiger partial charge in [-0.25, -0.2) is 9.79 Å². The molecule has 2 aliphatic rings. The van der Waals surface area contributed by atoms with Gasteiger partial charge in [-0.2, -0.15) is 0 Å². The van der Waals surface area contributed by atoms with Crippen molar-refractivity contribution in [3.63, 3.8) is 0 Å². The molecule has 2 aliphatic heterocycles. The summed E-state index contributed by atoms with van der Waals surface area (Å²) in [6.45, 7) is 1.85. The number of hydrogen-bond acceptors (Lipinski definition) is 6. The predicted molar refractivity (Wildman–Crippen MR) is 90.6 cm³/mol. The van der Waals surface area contributed by atoms with E-state index in [0.29, 0.717) is 6.42 Å². The minimum Gasteiger partial charge on any atom is -0.394 e. The first-order valence-corrected chi connectivity index (χ1v) is 8.91. The van der Waals surface area contributed by atoms with Crippen molar-refractivity contribution in [2.24, 2.45) is 4.99 Å². The van der Waals surface area contributed by atoms with Crippen molar-refractivity contribution in [3.05, 3.63) is 0 Å². The maximum atomic E-state index is 12.2. The number of amides is 3. The molecule has 9 nitrogen and oxygen atoms in total. The molecule has 3 unspecified atom stereocenters. The molecule has 0 aromatic heterocycles. The molecule has 2 heterocycles. The number of aliphatic hydroxyl groups is 2. The Labute approximate surface area is 147 Å². The molecule has 9 heteroatoms. The van der Waals surface area contributed by atoms with E-state index in [0.717, 1.165) is 25.7 Å². The molecule has 4 N–H and O–H groups in total. The first kappa shape index (κ1) is 19.6. The third kappa shape index (κ3) is 5.65. The van der Waals surface area contributed by atoms with Crippen LogP contribution in [0.5, 0.6) is 0 Å². The van der Waals surface area contributed by atoms with Crippen molar-refractivity contribution in [3.8, 4) is 0 Å². The smallest absolute Gasteiger partial charge is 0.327 e. The van der Waals surface area contributed by atoms with E-state index in [9.17, 15) is 14.7 Å². The molecule has 0 spiro atoms. The highest BCUT2D eigenvalue weighted by Gasteiger charge is 2.39. The summed E-state index contributed by atoms with van der Waals surface area (Å²) in [6, 6.07) is -0.455. The Morgan fingerprint density at radius 1 is 1.40 bits per heavy atom. The number of rotatable bonds is 8. The summed E-state index contributed by atoms with van der Waals surface area (Å²) in [5.74, 6) is -0.0334. The van der Waals surface area contributed by atoms with Crippen molar-refractivity contribution >= 4 is 17.9 Å². The summed E-state index contributed by atoms with van der Waals surface area (Å²) in [4.78, 5) is 29.5. The van der Waals surface area contributed by atoms with Crippen LogP contribution in [0.1, 0.15) is 51.9 Å². The Hall–Kier alpha value is -1.71. The van der Waals surface area contributed by atoms with E-state index < -0.39 is 24.5 Å². The van der Waals surface area contributed by atoms with Crippen molar-refractivity contribution in [2.75, 3.05) is 13.3 Å². The number of unbranched alkanes of at least 4 members (excludes halogenated alkanes) is 4. The van der Waals surface area contributed by atoms with Crippen LogP contribution in [0.15, 0.2) is 4.99 Å². The van der Waals surface area contributed by atoms with Crippen LogP contribution >= 0.6 is 0 Å². The van der Waals surface area contributed by atoms with Gasteiger partial charge in [0.15, 0.2) is 0 Å². The van der Waals surface area contributed by atoms with Crippen molar-refractivity contribution in [1.29, 1.82) is 0 Å². The zero-order valence-electron chi connectivity index (χ0n) is 14.6. The molecule has 0 radical (unpaired) electrons. The molecular weight excluding hydrogens is 328 g/mol. The molecule has 3 amide bonds. The van der Waals surface area contributed by atoms with E-state index in [4.69, 9.17) is 9.84 Å². The third-order valence-electron chi connectivity index (χ3n) is 4.36. The number of urea groups is 1. The molecule has 1 fully saturated rings. The molecule has 0 aromatic carbocycles. The van der Waals surface area contributed by atoms with Gasteiger partial charge in [-0.15, -0.1) is 0 Å². The number of hydrogen-bond donors (Lipinski definition) is 4. The number of carbonyl (C=O) groups is 2. The highest BCUT2D eigenvalue weighted by atomic mass is 16.5. The third-order valence-corrected chi connectivity index (χ3v) is 4.36. The minimum atomic E-state index is -0.819. The van der Waals surface area contributed by atoms with Crippen LogP contribution in [0.4, 0.5) is 4.79 Å². The molecule has 3 atom stereocenters. The van der Waals surface area contributed by atoms with Gasteiger partial charge in [0.1, 0.15) is 19.0 Å². The fourth-order valence-electron chi connectivity index (χ4n) is 2.87. The predicted octanol–water partition coefficient (Wildman–Crippen LogP) is 0.270. The minimum absolute atomic E-state index is 0.0213. The zero-order valence-corrected chi connectivity index (χ0v) is 14.6. The first-order valence-electron chi connectivity index (χ1n) is 8.91. The molecule has 0 aliphatic carbocycles. The Morgan fingerprint density at radius 2 is 2.16 bits per heavy atom. The normalized spacial score (nSPS) is 26.4. The highest BCUT2D eigenvalue weighted by molar-refractivity contribution is 6.05. The second-order valence-corrected chi connectivity index (χ2v) is 6.38. The number of guanidine groups is 1. The summed E-state index contributed by atoms with van der Waals surface area (Å²) in [6.07, 6.45) is 3.74. The molecule has 0 bridgehead atoms. The largest absolute Gasteiger partial charge is 0.394 e. The van der Waals surface area contributed by atoms with Gasteiger partial charge in [-0.1, -0.05) is 32.6 Å². The van der Waals surface area contributed by atoms with Crippen LogP contribution in [-0.2, 0) is 9.53 Å². The van der Waals surface area contributed by atoms with Crippen LogP contribution in [0.3, 0.4) is 0 Å².